The highest BCUT2D eigenvalue weighted by Gasteiger charge is 2.30. The standard InChI is InChI=1S/C10H8F3N3S/c1-16-9(17)14-8(15-16)6-3-2-4-7(5-6)10(11,12)13/h2-5H,1H3,(H,14,15,17). The molecular formula is C10H8F3N3S. The lowest BCUT2D eigenvalue weighted by atomic mass is 10.1. The summed E-state index contributed by atoms with van der Waals surface area (Å²) in [4.78, 5) is 3.96. The van der Waals surface area contributed by atoms with Crippen molar-refractivity contribution in [3.63, 3.8) is 0 Å². The van der Waals surface area contributed by atoms with Gasteiger partial charge in [-0.25, -0.2) is 0 Å². The molecule has 1 aromatic carbocycles. The number of aryl methyl sites for hydroxylation is 1. The number of halogens is 3. The van der Waals surface area contributed by atoms with Crippen LogP contribution in [0.25, 0.3) is 11.4 Å². The van der Waals surface area contributed by atoms with Crippen LogP contribution in [0.4, 0.5) is 13.2 Å². The molecule has 1 aromatic heterocycles. The van der Waals surface area contributed by atoms with Gasteiger partial charge in [-0.1, -0.05) is 12.1 Å². The summed E-state index contributed by atoms with van der Waals surface area (Å²) < 4.78 is 39.3. The first kappa shape index (κ1) is 11.8. The summed E-state index contributed by atoms with van der Waals surface area (Å²) in [6, 6.07) is 4.93. The summed E-state index contributed by atoms with van der Waals surface area (Å²) in [7, 11) is 1.65. The number of H-pyrrole nitrogens is 1. The Labute approximate surface area is 99.9 Å². The summed E-state index contributed by atoms with van der Waals surface area (Å²) >= 11 is 4.88. The van der Waals surface area contributed by atoms with E-state index in [-0.39, 0.29) is 4.77 Å². The van der Waals surface area contributed by atoms with Crippen molar-refractivity contribution in [2.45, 2.75) is 6.18 Å². The van der Waals surface area contributed by atoms with Crippen LogP contribution in [0.15, 0.2) is 24.3 Å². The van der Waals surface area contributed by atoms with E-state index in [9.17, 15) is 13.2 Å². The summed E-state index contributed by atoms with van der Waals surface area (Å²) in [5, 5.41) is 2.77. The summed E-state index contributed by atoms with van der Waals surface area (Å²) in [6.45, 7) is 0. The van der Waals surface area contributed by atoms with Crippen LogP contribution in [0.3, 0.4) is 0 Å². The molecule has 0 aliphatic rings. The van der Waals surface area contributed by atoms with Crippen LogP contribution >= 0.6 is 12.2 Å². The van der Waals surface area contributed by atoms with Crippen molar-refractivity contribution in [2.75, 3.05) is 0 Å². The first-order chi connectivity index (χ1) is 7.88. The Morgan fingerprint density at radius 2 is 2.06 bits per heavy atom. The molecule has 0 aliphatic heterocycles. The van der Waals surface area contributed by atoms with Gasteiger partial charge >= 0.3 is 6.18 Å². The molecule has 0 saturated heterocycles. The number of aromatic amines is 1. The minimum atomic E-state index is -4.36. The van der Waals surface area contributed by atoms with E-state index in [4.69, 9.17) is 12.2 Å². The second kappa shape index (κ2) is 3.99. The van der Waals surface area contributed by atoms with Gasteiger partial charge in [0.05, 0.1) is 5.56 Å². The molecule has 2 aromatic rings. The van der Waals surface area contributed by atoms with Crippen molar-refractivity contribution in [1.82, 2.24) is 14.8 Å². The fraction of sp³-hybridized carbons (Fsp3) is 0.200. The van der Waals surface area contributed by atoms with Crippen molar-refractivity contribution in [3.05, 3.63) is 34.6 Å². The molecule has 1 heterocycles. The summed E-state index contributed by atoms with van der Waals surface area (Å²) in [5.74, 6) is 0.323. The van der Waals surface area contributed by atoms with Crippen LogP contribution in [-0.2, 0) is 13.2 Å². The lowest BCUT2D eigenvalue weighted by Crippen LogP contribution is -2.04. The van der Waals surface area contributed by atoms with Gasteiger partial charge in [-0.2, -0.15) is 18.2 Å². The van der Waals surface area contributed by atoms with Crippen LogP contribution in [0.5, 0.6) is 0 Å². The van der Waals surface area contributed by atoms with Crippen LogP contribution in [0.2, 0.25) is 0 Å². The highest BCUT2D eigenvalue weighted by atomic mass is 32.1. The molecule has 0 radical (unpaired) electrons. The van der Waals surface area contributed by atoms with E-state index in [2.05, 4.69) is 10.1 Å². The number of hydrogen-bond donors (Lipinski definition) is 1. The zero-order chi connectivity index (χ0) is 12.6. The van der Waals surface area contributed by atoms with Gasteiger partial charge in [0.25, 0.3) is 0 Å². The highest BCUT2D eigenvalue weighted by Crippen LogP contribution is 2.31. The zero-order valence-electron chi connectivity index (χ0n) is 8.75. The molecule has 2 rings (SSSR count). The third-order valence-electron chi connectivity index (χ3n) is 2.23. The highest BCUT2D eigenvalue weighted by molar-refractivity contribution is 7.71. The SMILES string of the molecule is Cn1[nH]c(-c2cccc(C(F)(F)F)c2)nc1=S. The van der Waals surface area contributed by atoms with Crippen molar-refractivity contribution in [2.24, 2.45) is 7.05 Å². The van der Waals surface area contributed by atoms with E-state index >= 15 is 0 Å². The minimum Gasteiger partial charge on any atom is -0.279 e. The fourth-order valence-electron chi connectivity index (χ4n) is 1.37. The first-order valence-corrected chi connectivity index (χ1v) is 5.09. The van der Waals surface area contributed by atoms with Gasteiger partial charge in [-0.15, -0.1) is 0 Å². The molecule has 0 aliphatic carbocycles. The summed E-state index contributed by atoms with van der Waals surface area (Å²) in [5.41, 5.74) is -0.355. The van der Waals surface area contributed by atoms with E-state index in [1.165, 1.54) is 10.7 Å². The normalized spacial score (nSPS) is 11.8. The lowest BCUT2D eigenvalue weighted by Gasteiger charge is -2.07. The Morgan fingerprint density at radius 1 is 1.35 bits per heavy atom. The lowest BCUT2D eigenvalue weighted by molar-refractivity contribution is -0.137. The Balaban J connectivity index is 2.50. The molecule has 0 fully saturated rings. The molecule has 90 valence electrons. The third kappa shape index (κ3) is 2.38. The number of aromatic nitrogens is 3. The van der Waals surface area contributed by atoms with Gasteiger partial charge in [0, 0.05) is 12.6 Å². The molecule has 17 heavy (non-hydrogen) atoms. The minimum absolute atomic E-state index is 0.289. The van der Waals surface area contributed by atoms with E-state index < -0.39 is 11.7 Å². The van der Waals surface area contributed by atoms with Gasteiger partial charge in [-0.05, 0) is 24.4 Å². The topological polar surface area (TPSA) is 33.6 Å². The number of rotatable bonds is 1. The van der Waals surface area contributed by atoms with Crippen molar-refractivity contribution in [3.8, 4) is 11.4 Å². The zero-order valence-corrected chi connectivity index (χ0v) is 9.56. The number of benzene rings is 1. The molecule has 0 saturated carbocycles. The molecule has 1 N–H and O–H groups in total. The third-order valence-corrected chi connectivity index (χ3v) is 2.60. The monoisotopic (exact) mass is 259 g/mol. The van der Waals surface area contributed by atoms with Gasteiger partial charge < -0.3 is 0 Å². The number of nitrogens with one attached hydrogen (secondary N) is 1. The maximum absolute atomic E-state index is 12.5. The van der Waals surface area contributed by atoms with Crippen molar-refractivity contribution < 1.29 is 13.2 Å². The van der Waals surface area contributed by atoms with Crippen LogP contribution < -0.4 is 0 Å². The molecular weight excluding hydrogens is 251 g/mol. The molecule has 7 heteroatoms. The van der Waals surface area contributed by atoms with Gasteiger partial charge in [0.15, 0.2) is 5.82 Å². The smallest absolute Gasteiger partial charge is 0.279 e. The molecule has 0 bridgehead atoms. The number of nitrogens with zero attached hydrogens (tertiary/aromatic N) is 2. The average molecular weight is 259 g/mol. The van der Waals surface area contributed by atoms with Crippen LogP contribution in [0, 0.1) is 4.77 Å². The van der Waals surface area contributed by atoms with Crippen molar-refractivity contribution in [1.29, 1.82) is 0 Å². The Morgan fingerprint density at radius 3 is 2.59 bits per heavy atom. The Kier molecular flexibility index (Phi) is 2.78. The first-order valence-electron chi connectivity index (χ1n) is 4.68. The van der Waals surface area contributed by atoms with Gasteiger partial charge in [0.2, 0.25) is 4.77 Å². The molecule has 3 nitrogen and oxygen atoms in total. The molecule has 0 unspecified atom stereocenters. The van der Waals surface area contributed by atoms with Gasteiger partial charge in [-0.3, -0.25) is 9.78 Å². The van der Waals surface area contributed by atoms with Crippen molar-refractivity contribution >= 4 is 12.2 Å². The largest absolute Gasteiger partial charge is 0.416 e. The maximum Gasteiger partial charge on any atom is 0.416 e. The number of alkyl halides is 3. The van der Waals surface area contributed by atoms with Crippen LogP contribution in [-0.4, -0.2) is 14.8 Å². The molecule has 0 amide bonds. The Hall–Kier alpha value is -1.63. The van der Waals surface area contributed by atoms with E-state index in [1.807, 2.05) is 0 Å². The molecule has 0 spiro atoms. The quantitative estimate of drug-likeness (QED) is 0.798. The number of hydrogen-bond acceptors (Lipinski definition) is 2. The average Bonchev–Trinajstić information content (AvgIpc) is 2.58. The van der Waals surface area contributed by atoms with E-state index in [1.54, 1.807) is 13.1 Å². The van der Waals surface area contributed by atoms with Gasteiger partial charge in [0.1, 0.15) is 0 Å². The second-order valence-corrected chi connectivity index (χ2v) is 3.86. The van der Waals surface area contributed by atoms with E-state index in [0.29, 0.717) is 11.4 Å². The maximum atomic E-state index is 12.5. The summed E-state index contributed by atoms with van der Waals surface area (Å²) in [6.07, 6.45) is -4.36. The van der Waals surface area contributed by atoms with E-state index in [0.717, 1.165) is 12.1 Å². The second-order valence-electron chi connectivity index (χ2n) is 3.49. The fourth-order valence-corrected chi connectivity index (χ4v) is 1.51. The molecule has 0 atom stereocenters. The van der Waals surface area contributed by atoms with Crippen LogP contribution in [0.1, 0.15) is 5.56 Å². The Bertz CT molecular complexity index is 597. The predicted octanol–water partition coefficient (Wildman–Crippen LogP) is 3.16. The predicted molar refractivity (Wildman–Crippen MR) is 58.8 cm³/mol.